The molecule has 2 atom stereocenters. The molecule has 1 aliphatic rings. The van der Waals surface area contributed by atoms with E-state index >= 15 is 0 Å². The highest BCUT2D eigenvalue weighted by atomic mass is 28.4. The van der Waals surface area contributed by atoms with E-state index in [4.69, 9.17) is 4.43 Å². The van der Waals surface area contributed by atoms with Crippen LogP contribution in [0.5, 0.6) is 0 Å². The first-order valence-electron chi connectivity index (χ1n) is 10.00. The van der Waals surface area contributed by atoms with Crippen LogP contribution in [0.1, 0.15) is 27.7 Å². The van der Waals surface area contributed by atoms with E-state index in [2.05, 4.69) is 99.8 Å². The second-order valence-electron chi connectivity index (χ2n) is 8.76. The maximum Gasteiger partial charge on any atom is 0.261 e. The van der Waals surface area contributed by atoms with E-state index in [9.17, 15) is 0 Å². The predicted octanol–water partition coefficient (Wildman–Crippen LogP) is 4.07. The fourth-order valence-corrected chi connectivity index (χ4v) is 9.04. The minimum atomic E-state index is -2.43. The summed E-state index contributed by atoms with van der Waals surface area (Å²) in [5.74, 6) is 0.670. The lowest BCUT2D eigenvalue weighted by molar-refractivity contribution is 0.00283. The molecule has 0 spiro atoms. The number of hydrogen-bond acceptors (Lipinski definition) is 2. The third-order valence-electron chi connectivity index (χ3n) is 5.90. The lowest BCUT2D eigenvalue weighted by Crippen LogP contribution is -2.68. The Morgan fingerprint density at radius 2 is 1.56 bits per heavy atom. The number of likely N-dealkylation sites (tertiary alicyclic amines) is 1. The molecule has 2 aromatic rings. The molecule has 1 saturated heterocycles. The van der Waals surface area contributed by atoms with Crippen LogP contribution in [0, 0.1) is 5.92 Å². The van der Waals surface area contributed by atoms with Gasteiger partial charge in [-0.3, -0.25) is 4.90 Å². The van der Waals surface area contributed by atoms with Crippen LogP contribution in [0.4, 0.5) is 0 Å². The van der Waals surface area contributed by atoms with Gasteiger partial charge >= 0.3 is 0 Å². The molecule has 0 amide bonds. The third kappa shape index (κ3) is 3.82. The molecule has 1 aliphatic heterocycles. The standard InChI is InChI=1S/C24H33NOSi/c1-6-17-25-18-20(2)23(25)19-26-27(24(3,4)5,21-13-9-7-10-14-21)22-15-11-8-12-16-22/h6-16,20,23H,1,17-19H2,2-5H3/t20-,23?/m0/s1. The van der Waals surface area contributed by atoms with Crippen LogP contribution in [-0.4, -0.2) is 39.0 Å². The van der Waals surface area contributed by atoms with Gasteiger partial charge in [-0.1, -0.05) is 94.4 Å². The maximum absolute atomic E-state index is 7.08. The SMILES string of the molecule is C=CCN1C[C@H](C)C1CO[Si](c1ccccc1)(c1ccccc1)C(C)(C)C. The molecular formula is C24H33NOSi. The highest BCUT2D eigenvalue weighted by molar-refractivity contribution is 6.99. The van der Waals surface area contributed by atoms with Crippen molar-refractivity contribution in [2.45, 2.75) is 38.8 Å². The quantitative estimate of drug-likeness (QED) is 0.531. The Morgan fingerprint density at radius 1 is 1.04 bits per heavy atom. The van der Waals surface area contributed by atoms with Gasteiger partial charge in [0.2, 0.25) is 0 Å². The molecule has 27 heavy (non-hydrogen) atoms. The largest absolute Gasteiger partial charge is 0.406 e. The van der Waals surface area contributed by atoms with Crippen molar-refractivity contribution < 1.29 is 4.43 Å². The summed E-state index contributed by atoms with van der Waals surface area (Å²) in [6.07, 6.45) is 2.00. The van der Waals surface area contributed by atoms with Gasteiger partial charge < -0.3 is 4.43 Å². The normalized spacial score (nSPS) is 20.9. The minimum Gasteiger partial charge on any atom is -0.406 e. The molecule has 0 bridgehead atoms. The average Bonchev–Trinajstić information content (AvgIpc) is 2.65. The predicted molar refractivity (Wildman–Crippen MR) is 118 cm³/mol. The number of benzene rings is 2. The highest BCUT2D eigenvalue weighted by Crippen LogP contribution is 2.37. The number of rotatable bonds is 7. The van der Waals surface area contributed by atoms with Crippen molar-refractivity contribution in [1.29, 1.82) is 0 Å². The van der Waals surface area contributed by atoms with Crippen LogP contribution >= 0.6 is 0 Å². The molecule has 1 unspecified atom stereocenters. The number of hydrogen-bond donors (Lipinski definition) is 0. The molecule has 0 N–H and O–H groups in total. The summed E-state index contributed by atoms with van der Waals surface area (Å²) in [6.45, 7) is 16.1. The first kappa shape index (κ1) is 20.1. The van der Waals surface area contributed by atoms with Gasteiger partial charge in [0.1, 0.15) is 0 Å². The van der Waals surface area contributed by atoms with E-state index in [-0.39, 0.29) is 5.04 Å². The van der Waals surface area contributed by atoms with E-state index in [0.29, 0.717) is 12.0 Å². The molecule has 0 saturated carbocycles. The van der Waals surface area contributed by atoms with Crippen molar-refractivity contribution in [3.05, 3.63) is 73.3 Å². The van der Waals surface area contributed by atoms with Crippen LogP contribution in [0.3, 0.4) is 0 Å². The molecule has 2 nitrogen and oxygen atoms in total. The van der Waals surface area contributed by atoms with E-state index in [1.807, 2.05) is 6.08 Å². The van der Waals surface area contributed by atoms with Gasteiger partial charge in [-0.25, -0.2) is 0 Å². The van der Waals surface area contributed by atoms with E-state index < -0.39 is 8.32 Å². The monoisotopic (exact) mass is 379 g/mol. The molecule has 3 heteroatoms. The van der Waals surface area contributed by atoms with Crippen molar-refractivity contribution in [2.75, 3.05) is 19.7 Å². The molecule has 2 aromatic carbocycles. The lowest BCUT2D eigenvalue weighted by atomic mass is 9.91. The fourth-order valence-electron chi connectivity index (χ4n) is 4.47. The number of nitrogens with zero attached hydrogens (tertiary/aromatic N) is 1. The topological polar surface area (TPSA) is 12.5 Å². The van der Waals surface area contributed by atoms with E-state index in [1.54, 1.807) is 0 Å². The minimum absolute atomic E-state index is 0.0337. The van der Waals surface area contributed by atoms with Crippen molar-refractivity contribution in [3.63, 3.8) is 0 Å². The van der Waals surface area contributed by atoms with Crippen molar-refractivity contribution in [1.82, 2.24) is 4.90 Å². The summed E-state index contributed by atoms with van der Waals surface area (Å²) in [5, 5.41) is 2.74. The maximum atomic E-state index is 7.08. The Labute approximate surface area is 166 Å². The van der Waals surface area contributed by atoms with Crippen molar-refractivity contribution in [3.8, 4) is 0 Å². The van der Waals surface area contributed by atoms with Gasteiger partial charge in [0.25, 0.3) is 8.32 Å². The van der Waals surface area contributed by atoms with Gasteiger partial charge in [-0.2, -0.15) is 0 Å². The Balaban J connectivity index is 2.01. The second kappa shape index (κ2) is 8.13. The van der Waals surface area contributed by atoms with Crippen LogP contribution in [0.2, 0.25) is 5.04 Å². The van der Waals surface area contributed by atoms with Gasteiger partial charge in [-0.15, -0.1) is 6.58 Å². The third-order valence-corrected chi connectivity index (χ3v) is 10.9. The zero-order chi connectivity index (χ0) is 19.5. The Bertz CT molecular complexity index is 698. The van der Waals surface area contributed by atoms with Crippen molar-refractivity contribution in [2.24, 2.45) is 5.92 Å². The summed E-state index contributed by atoms with van der Waals surface area (Å²) in [7, 11) is -2.43. The molecule has 0 aliphatic carbocycles. The van der Waals surface area contributed by atoms with Gasteiger partial charge in [0.05, 0.1) is 6.61 Å². The summed E-state index contributed by atoms with van der Waals surface area (Å²) in [5.41, 5.74) is 0. The smallest absolute Gasteiger partial charge is 0.261 e. The molecular weight excluding hydrogens is 346 g/mol. The Hall–Kier alpha value is -1.68. The Kier molecular flexibility index (Phi) is 6.04. The van der Waals surface area contributed by atoms with Gasteiger partial charge in [-0.05, 0) is 21.3 Å². The highest BCUT2D eigenvalue weighted by Gasteiger charge is 2.51. The summed E-state index contributed by atoms with van der Waals surface area (Å²) in [4.78, 5) is 2.48. The van der Waals surface area contributed by atoms with E-state index in [1.165, 1.54) is 10.4 Å². The first-order chi connectivity index (χ1) is 12.9. The lowest BCUT2D eigenvalue weighted by Gasteiger charge is -2.49. The second-order valence-corrected chi connectivity index (χ2v) is 13.1. The van der Waals surface area contributed by atoms with Gasteiger partial charge in [0, 0.05) is 19.1 Å². The zero-order valence-corrected chi connectivity index (χ0v) is 18.2. The Morgan fingerprint density at radius 3 is 1.96 bits per heavy atom. The van der Waals surface area contributed by atoms with Crippen molar-refractivity contribution >= 4 is 18.7 Å². The van der Waals surface area contributed by atoms with E-state index in [0.717, 1.165) is 19.7 Å². The molecule has 0 aromatic heterocycles. The van der Waals surface area contributed by atoms with Gasteiger partial charge in [0.15, 0.2) is 0 Å². The van der Waals surface area contributed by atoms with Crippen LogP contribution < -0.4 is 10.4 Å². The average molecular weight is 380 g/mol. The van der Waals surface area contributed by atoms with Crippen LogP contribution in [0.15, 0.2) is 73.3 Å². The summed E-state index contributed by atoms with van der Waals surface area (Å²) in [6, 6.07) is 22.3. The summed E-state index contributed by atoms with van der Waals surface area (Å²) < 4.78 is 7.08. The fraction of sp³-hybridized carbons (Fsp3) is 0.417. The summed E-state index contributed by atoms with van der Waals surface area (Å²) >= 11 is 0. The van der Waals surface area contributed by atoms with Crippen LogP contribution in [-0.2, 0) is 4.43 Å². The molecule has 0 radical (unpaired) electrons. The zero-order valence-electron chi connectivity index (χ0n) is 17.2. The van der Waals surface area contributed by atoms with Crippen LogP contribution in [0.25, 0.3) is 0 Å². The molecule has 1 heterocycles. The molecule has 1 fully saturated rings. The molecule has 3 rings (SSSR count). The first-order valence-corrected chi connectivity index (χ1v) is 11.9. The molecule has 144 valence electrons.